The van der Waals surface area contributed by atoms with Gasteiger partial charge in [-0.05, 0) is 6.92 Å². The summed E-state index contributed by atoms with van der Waals surface area (Å²) in [6.45, 7) is -0.736. The molecular formula is C11H18N2Na4O8. The largest absolute Gasteiger partial charge is 0.480 e. The maximum atomic E-state index is 10.7. The van der Waals surface area contributed by atoms with E-state index < -0.39 is 56.1 Å². The van der Waals surface area contributed by atoms with E-state index in [1.54, 1.807) is 0 Å². The van der Waals surface area contributed by atoms with Crippen molar-refractivity contribution in [3.8, 4) is 0 Å². The molecule has 0 spiro atoms. The van der Waals surface area contributed by atoms with Gasteiger partial charge in [0.1, 0.15) is 0 Å². The predicted molar refractivity (Wildman–Crippen MR) is 91.0 cm³/mol. The number of carboxylic acids is 4. The van der Waals surface area contributed by atoms with Crippen LogP contribution < -0.4 is 0 Å². The molecule has 0 rings (SSSR count). The first-order valence-electron chi connectivity index (χ1n) is 5.95. The van der Waals surface area contributed by atoms with Crippen LogP contribution in [0.4, 0.5) is 0 Å². The van der Waals surface area contributed by atoms with E-state index in [1.807, 2.05) is 0 Å². The summed E-state index contributed by atoms with van der Waals surface area (Å²) >= 11 is 0. The fourth-order valence-electron chi connectivity index (χ4n) is 1.77. The molecule has 14 heteroatoms. The van der Waals surface area contributed by atoms with Gasteiger partial charge in [0.25, 0.3) is 0 Å². The van der Waals surface area contributed by atoms with Gasteiger partial charge in [-0.1, -0.05) is 0 Å². The van der Waals surface area contributed by atoms with E-state index in [9.17, 15) is 19.2 Å². The molecule has 0 aliphatic carbocycles. The average Bonchev–Trinajstić information content (AvgIpc) is 2.24. The molecular weight excluding hydrogens is 380 g/mol. The Morgan fingerprint density at radius 3 is 1.20 bits per heavy atom. The Balaban J connectivity index is -0.000000333. The SMILES string of the molecule is CC(CN(CC(=O)O)CC(=O)O)N(CC(=O)O)CC(=O)O.[Na].[Na].[Na].[Na]. The van der Waals surface area contributed by atoms with Crippen LogP contribution in [0, 0.1) is 0 Å². The zero-order chi connectivity index (χ0) is 16.6. The van der Waals surface area contributed by atoms with Crippen molar-refractivity contribution in [2.45, 2.75) is 13.0 Å². The Bertz CT molecular complexity index is 395. The summed E-state index contributed by atoms with van der Waals surface area (Å²) in [6, 6.07) is -0.643. The number of rotatable bonds is 11. The van der Waals surface area contributed by atoms with Crippen molar-refractivity contribution >= 4 is 142 Å². The van der Waals surface area contributed by atoms with E-state index in [0.717, 1.165) is 9.80 Å². The van der Waals surface area contributed by atoms with Crippen LogP contribution in [-0.4, -0.2) is 211 Å². The molecule has 1 atom stereocenters. The molecule has 0 aliphatic heterocycles. The molecule has 1 unspecified atom stereocenters. The molecule has 0 amide bonds. The van der Waals surface area contributed by atoms with Crippen LogP contribution in [0.1, 0.15) is 6.92 Å². The Hall–Kier alpha value is 1.80. The Morgan fingerprint density at radius 1 is 0.680 bits per heavy atom. The van der Waals surface area contributed by atoms with Crippen molar-refractivity contribution in [1.29, 1.82) is 0 Å². The third-order valence-corrected chi connectivity index (χ3v) is 2.54. The average molecular weight is 398 g/mol. The van der Waals surface area contributed by atoms with Crippen molar-refractivity contribution in [2.75, 3.05) is 32.7 Å². The first kappa shape index (κ1) is 37.5. The second-order valence-electron chi connectivity index (χ2n) is 4.50. The molecule has 0 fully saturated rings. The van der Waals surface area contributed by atoms with Gasteiger partial charge in [-0.15, -0.1) is 0 Å². The molecule has 0 heterocycles. The first-order valence-corrected chi connectivity index (χ1v) is 5.95. The second kappa shape index (κ2) is 20.5. The Labute approximate surface area is 233 Å². The summed E-state index contributed by atoms with van der Waals surface area (Å²) in [7, 11) is 0. The zero-order valence-electron chi connectivity index (χ0n) is 15.4. The van der Waals surface area contributed by atoms with Crippen LogP contribution in [0.15, 0.2) is 0 Å². The number of carbonyl (C=O) groups is 4. The molecule has 4 N–H and O–H groups in total. The minimum absolute atomic E-state index is 0. The van der Waals surface area contributed by atoms with Gasteiger partial charge < -0.3 is 20.4 Å². The van der Waals surface area contributed by atoms with E-state index >= 15 is 0 Å². The van der Waals surface area contributed by atoms with Crippen LogP contribution in [0.2, 0.25) is 0 Å². The summed E-state index contributed by atoms with van der Waals surface area (Å²) < 4.78 is 0. The molecule has 124 valence electrons. The van der Waals surface area contributed by atoms with Gasteiger partial charge in [0.05, 0.1) is 26.2 Å². The third kappa shape index (κ3) is 22.0. The normalized spacial score (nSPS) is 10.4. The van der Waals surface area contributed by atoms with Gasteiger partial charge in [-0.2, -0.15) is 0 Å². The number of hydrogen-bond acceptors (Lipinski definition) is 6. The van der Waals surface area contributed by atoms with E-state index in [2.05, 4.69) is 0 Å². The first-order chi connectivity index (χ1) is 9.61. The van der Waals surface area contributed by atoms with E-state index in [0.29, 0.717) is 0 Å². The van der Waals surface area contributed by atoms with Crippen LogP contribution >= 0.6 is 0 Å². The Morgan fingerprint density at radius 2 is 0.960 bits per heavy atom. The third-order valence-electron chi connectivity index (χ3n) is 2.54. The molecule has 0 saturated carbocycles. The van der Waals surface area contributed by atoms with Crippen LogP contribution in [0.5, 0.6) is 0 Å². The number of aliphatic carboxylic acids is 4. The standard InChI is InChI=1S/C11H18N2O8.4Na/c1-7(13(5-10(18)19)6-11(20)21)2-12(3-8(14)15)4-9(16)17;;;;/h7H,2-6H2,1H3,(H,14,15)(H,16,17)(H,18,19)(H,20,21);;;;. The van der Waals surface area contributed by atoms with Crippen molar-refractivity contribution in [2.24, 2.45) is 0 Å². The van der Waals surface area contributed by atoms with Crippen molar-refractivity contribution in [3.63, 3.8) is 0 Å². The van der Waals surface area contributed by atoms with Crippen molar-refractivity contribution < 1.29 is 39.6 Å². The molecule has 0 aromatic rings. The van der Waals surface area contributed by atoms with Gasteiger partial charge >= 0.3 is 23.9 Å². The summed E-state index contributed by atoms with van der Waals surface area (Å²) in [6.07, 6.45) is 0. The summed E-state index contributed by atoms with van der Waals surface area (Å²) in [5, 5.41) is 34.9. The molecule has 10 nitrogen and oxygen atoms in total. The van der Waals surface area contributed by atoms with Gasteiger partial charge in [-0.25, -0.2) is 0 Å². The van der Waals surface area contributed by atoms with Gasteiger partial charge in [-0.3, -0.25) is 29.0 Å². The quantitative estimate of drug-likeness (QED) is 0.261. The van der Waals surface area contributed by atoms with Crippen LogP contribution in [-0.2, 0) is 19.2 Å². The van der Waals surface area contributed by atoms with E-state index in [-0.39, 0.29) is 125 Å². The molecule has 0 bridgehead atoms. The summed E-state index contributed by atoms with van der Waals surface area (Å²) in [4.78, 5) is 44.9. The Kier molecular flexibility index (Phi) is 30.8. The molecule has 25 heavy (non-hydrogen) atoms. The van der Waals surface area contributed by atoms with Gasteiger partial charge in [0, 0.05) is 131 Å². The summed E-state index contributed by atoms with van der Waals surface area (Å²) in [5.41, 5.74) is 0. The van der Waals surface area contributed by atoms with Gasteiger partial charge in [0.2, 0.25) is 0 Å². The monoisotopic (exact) mass is 398 g/mol. The van der Waals surface area contributed by atoms with E-state index in [4.69, 9.17) is 20.4 Å². The minimum Gasteiger partial charge on any atom is -0.480 e. The zero-order valence-corrected chi connectivity index (χ0v) is 23.4. The minimum atomic E-state index is -1.23. The number of hydrogen-bond donors (Lipinski definition) is 4. The molecule has 0 aliphatic rings. The fourth-order valence-corrected chi connectivity index (χ4v) is 1.77. The number of nitrogens with zero attached hydrogens (tertiary/aromatic N) is 2. The number of carboxylic acid groups (broad SMARTS) is 4. The smallest absolute Gasteiger partial charge is 0.317 e. The van der Waals surface area contributed by atoms with E-state index in [1.165, 1.54) is 6.92 Å². The van der Waals surface area contributed by atoms with Crippen LogP contribution in [0.25, 0.3) is 0 Å². The molecule has 0 aromatic heterocycles. The van der Waals surface area contributed by atoms with Crippen LogP contribution in [0.3, 0.4) is 0 Å². The predicted octanol–water partition coefficient (Wildman–Crippen LogP) is -3.21. The van der Waals surface area contributed by atoms with Gasteiger partial charge in [0.15, 0.2) is 0 Å². The molecule has 4 radical (unpaired) electrons. The second-order valence-corrected chi connectivity index (χ2v) is 4.50. The molecule has 0 saturated heterocycles. The van der Waals surface area contributed by atoms with Crippen molar-refractivity contribution in [3.05, 3.63) is 0 Å². The topological polar surface area (TPSA) is 156 Å². The maximum Gasteiger partial charge on any atom is 0.317 e. The molecule has 0 aromatic carbocycles. The summed E-state index contributed by atoms with van der Waals surface area (Å²) in [5.74, 6) is -4.92. The fraction of sp³-hybridized carbons (Fsp3) is 0.636. The van der Waals surface area contributed by atoms with Crippen molar-refractivity contribution in [1.82, 2.24) is 9.80 Å². The maximum absolute atomic E-state index is 10.7.